The molecule has 1 saturated heterocycles. The summed E-state index contributed by atoms with van der Waals surface area (Å²) in [6.07, 6.45) is 2.00. The Hall–Kier alpha value is -0.580. The van der Waals surface area contributed by atoms with Crippen molar-refractivity contribution in [1.29, 1.82) is 0 Å². The number of rotatable bonds is 4. The molecule has 1 aliphatic heterocycles. The Kier molecular flexibility index (Phi) is 4.30. The average Bonchev–Trinajstić information content (AvgIpc) is 2.80. The van der Waals surface area contributed by atoms with E-state index in [-0.39, 0.29) is 0 Å². The third-order valence-corrected chi connectivity index (χ3v) is 4.39. The Labute approximate surface area is 116 Å². The van der Waals surface area contributed by atoms with E-state index in [1.165, 1.54) is 0 Å². The highest BCUT2D eigenvalue weighted by molar-refractivity contribution is 9.10. The summed E-state index contributed by atoms with van der Waals surface area (Å²) < 4.78 is 11.9. The number of methoxy groups -OCH3 is 1. The van der Waals surface area contributed by atoms with Gasteiger partial charge in [0.05, 0.1) is 18.8 Å². The van der Waals surface area contributed by atoms with Gasteiger partial charge in [0, 0.05) is 17.5 Å². The van der Waals surface area contributed by atoms with Crippen LogP contribution in [0.5, 0.6) is 5.75 Å². The summed E-state index contributed by atoms with van der Waals surface area (Å²) in [5.74, 6) is 0.804. The van der Waals surface area contributed by atoms with Gasteiger partial charge in [-0.2, -0.15) is 0 Å². The highest BCUT2D eigenvalue weighted by Gasteiger charge is 2.37. The van der Waals surface area contributed by atoms with E-state index in [1.807, 2.05) is 25.1 Å². The molecule has 18 heavy (non-hydrogen) atoms. The summed E-state index contributed by atoms with van der Waals surface area (Å²) in [5.41, 5.74) is 0.626. The van der Waals surface area contributed by atoms with Crippen LogP contribution >= 0.6 is 15.9 Å². The first-order valence-electron chi connectivity index (χ1n) is 6.19. The lowest BCUT2D eigenvalue weighted by Gasteiger charge is -2.29. The van der Waals surface area contributed by atoms with Crippen LogP contribution in [0.3, 0.4) is 0 Å². The zero-order valence-electron chi connectivity index (χ0n) is 10.8. The van der Waals surface area contributed by atoms with Crippen LogP contribution in [0.25, 0.3) is 0 Å². The van der Waals surface area contributed by atoms with Crippen LogP contribution in [0.1, 0.15) is 25.3 Å². The molecule has 1 N–H and O–H groups in total. The highest BCUT2D eigenvalue weighted by Crippen LogP contribution is 2.32. The second-order valence-corrected chi connectivity index (χ2v) is 5.80. The Balaban J connectivity index is 2.13. The van der Waals surface area contributed by atoms with E-state index in [9.17, 15) is 5.11 Å². The van der Waals surface area contributed by atoms with Crippen molar-refractivity contribution in [2.75, 3.05) is 13.7 Å². The molecule has 1 heterocycles. The van der Waals surface area contributed by atoms with Gasteiger partial charge in [-0.25, -0.2) is 0 Å². The molecule has 1 aromatic rings. The van der Waals surface area contributed by atoms with Crippen molar-refractivity contribution in [2.45, 2.75) is 37.9 Å². The van der Waals surface area contributed by atoms with Crippen LogP contribution in [-0.4, -0.2) is 30.5 Å². The third kappa shape index (κ3) is 2.87. The minimum Gasteiger partial charge on any atom is -0.497 e. The van der Waals surface area contributed by atoms with Crippen LogP contribution in [0.2, 0.25) is 0 Å². The fourth-order valence-electron chi connectivity index (χ4n) is 2.32. The predicted octanol–water partition coefficient (Wildman–Crippen LogP) is 2.93. The minimum absolute atomic E-state index is 0.414. The normalized spacial score (nSPS) is 25.1. The number of ether oxygens (including phenoxy) is 2. The zero-order chi connectivity index (χ0) is 13.2. The van der Waals surface area contributed by atoms with E-state index in [0.29, 0.717) is 6.42 Å². The molecular formula is C14H19BrO3. The maximum atomic E-state index is 10.4. The van der Waals surface area contributed by atoms with Crippen molar-refractivity contribution in [2.24, 2.45) is 0 Å². The standard InChI is InChI=1S/C14H19BrO3/c1-14(6-3-7-18-14)13(16)9-10-8-11(17-2)4-5-12(10)15/h4-5,8,13,16H,3,6-7,9H2,1-2H3. The van der Waals surface area contributed by atoms with Gasteiger partial charge >= 0.3 is 0 Å². The quantitative estimate of drug-likeness (QED) is 0.928. The third-order valence-electron chi connectivity index (χ3n) is 3.62. The van der Waals surface area contributed by atoms with Gasteiger partial charge in [-0.3, -0.25) is 0 Å². The zero-order valence-corrected chi connectivity index (χ0v) is 12.4. The van der Waals surface area contributed by atoms with Crippen molar-refractivity contribution in [3.8, 4) is 5.75 Å². The number of hydrogen-bond donors (Lipinski definition) is 1. The van der Waals surface area contributed by atoms with E-state index in [4.69, 9.17) is 9.47 Å². The molecule has 0 radical (unpaired) electrons. The van der Waals surface area contributed by atoms with Crippen molar-refractivity contribution < 1.29 is 14.6 Å². The van der Waals surface area contributed by atoms with Crippen molar-refractivity contribution in [1.82, 2.24) is 0 Å². The summed E-state index contributed by atoms with van der Waals surface area (Å²) in [6, 6.07) is 5.79. The molecule has 1 aliphatic rings. The van der Waals surface area contributed by atoms with Gasteiger partial charge < -0.3 is 14.6 Å². The van der Waals surface area contributed by atoms with Crippen LogP contribution in [0, 0.1) is 0 Å². The van der Waals surface area contributed by atoms with Crippen LogP contribution in [0.15, 0.2) is 22.7 Å². The van der Waals surface area contributed by atoms with Crippen molar-refractivity contribution in [3.63, 3.8) is 0 Å². The van der Waals surface area contributed by atoms with E-state index >= 15 is 0 Å². The number of benzene rings is 1. The SMILES string of the molecule is COc1ccc(Br)c(CC(O)C2(C)CCCO2)c1. The van der Waals surface area contributed by atoms with Crippen LogP contribution < -0.4 is 4.74 Å². The first kappa shape index (κ1) is 13.8. The second-order valence-electron chi connectivity index (χ2n) is 4.94. The molecule has 2 atom stereocenters. The molecule has 3 nitrogen and oxygen atoms in total. The monoisotopic (exact) mass is 314 g/mol. The Morgan fingerprint density at radius 3 is 2.94 bits per heavy atom. The lowest BCUT2D eigenvalue weighted by atomic mass is 9.91. The maximum absolute atomic E-state index is 10.4. The molecule has 1 fully saturated rings. The molecule has 2 rings (SSSR count). The largest absolute Gasteiger partial charge is 0.497 e. The van der Waals surface area contributed by atoms with E-state index in [1.54, 1.807) is 7.11 Å². The number of hydrogen-bond acceptors (Lipinski definition) is 3. The van der Waals surface area contributed by atoms with Gasteiger partial charge in [0.1, 0.15) is 5.75 Å². The molecular weight excluding hydrogens is 296 g/mol. The summed E-state index contributed by atoms with van der Waals surface area (Å²) >= 11 is 3.51. The first-order valence-corrected chi connectivity index (χ1v) is 6.99. The van der Waals surface area contributed by atoms with Crippen molar-refractivity contribution in [3.05, 3.63) is 28.2 Å². The molecule has 100 valence electrons. The van der Waals surface area contributed by atoms with E-state index in [2.05, 4.69) is 15.9 Å². The van der Waals surface area contributed by atoms with Gasteiger partial charge in [0.15, 0.2) is 0 Å². The molecule has 0 saturated carbocycles. The summed E-state index contributed by atoms with van der Waals surface area (Å²) in [6.45, 7) is 2.73. The molecule has 4 heteroatoms. The highest BCUT2D eigenvalue weighted by atomic mass is 79.9. The lowest BCUT2D eigenvalue weighted by molar-refractivity contribution is -0.0768. The summed E-state index contributed by atoms with van der Waals surface area (Å²) in [7, 11) is 1.64. The molecule has 0 spiro atoms. The average molecular weight is 315 g/mol. The topological polar surface area (TPSA) is 38.7 Å². The number of aliphatic hydroxyl groups excluding tert-OH is 1. The smallest absolute Gasteiger partial charge is 0.119 e. The Morgan fingerprint density at radius 2 is 2.33 bits per heavy atom. The van der Waals surface area contributed by atoms with Crippen LogP contribution in [0.4, 0.5) is 0 Å². The number of halogens is 1. The molecule has 0 amide bonds. The van der Waals surface area contributed by atoms with Gasteiger partial charge in [0.2, 0.25) is 0 Å². The number of aliphatic hydroxyl groups is 1. The fraction of sp³-hybridized carbons (Fsp3) is 0.571. The van der Waals surface area contributed by atoms with Gasteiger partial charge in [-0.05, 0) is 43.5 Å². The van der Waals surface area contributed by atoms with Crippen molar-refractivity contribution >= 4 is 15.9 Å². The lowest BCUT2D eigenvalue weighted by Crippen LogP contribution is -2.40. The molecule has 0 aromatic heterocycles. The van der Waals surface area contributed by atoms with Crippen LogP contribution in [-0.2, 0) is 11.2 Å². The van der Waals surface area contributed by atoms with Gasteiger partial charge in [-0.15, -0.1) is 0 Å². The summed E-state index contributed by atoms with van der Waals surface area (Å²) in [5, 5.41) is 10.4. The van der Waals surface area contributed by atoms with Gasteiger partial charge in [0.25, 0.3) is 0 Å². The minimum atomic E-state index is -0.497. The molecule has 0 bridgehead atoms. The first-order chi connectivity index (χ1) is 8.55. The van der Waals surface area contributed by atoms with E-state index in [0.717, 1.165) is 35.2 Å². The summed E-state index contributed by atoms with van der Waals surface area (Å²) in [4.78, 5) is 0. The molecule has 2 unspecified atom stereocenters. The second kappa shape index (κ2) is 5.59. The Morgan fingerprint density at radius 1 is 1.56 bits per heavy atom. The molecule has 0 aliphatic carbocycles. The maximum Gasteiger partial charge on any atom is 0.119 e. The fourth-order valence-corrected chi connectivity index (χ4v) is 2.73. The predicted molar refractivity (Wildman–Crippen MR) is 74.0 cm³/mol. The molecule has 1 aromatic carbocycles. The van der Waals surface area contributed by atoms with E-state index < -0.39 is 11.7 Å². The van der Waals surface area contributed by atoms with Gasteiger partial charge in [-0.1, -0.05) is 15.9 Å². The Bertz CT molecular complexity index is 414.